The number of halogens is 1. The smallest absolute Gasteiger partial charge is 0.251 e. The van der Waals surface area contributed by atoms with E-state index in [9.17, 15) is 4.79 Å². The molecule has 0 aliphatic rings. The van der Waals surface area contributed by atoms with E-state index in [0.717, 1.165) is 22.8 Å². The van der Waals surface area contributed by atoms with Crippen LogP contribution in [0.4, 0.5) is 0 Å². The van der Waals surface area contributed by atoms with Crippen molar-refractivity contribution in [2.45, 2.75) is 20.3 Å². The largest absolute Gasteiger partial charge is 0.352 e. The van der Waals surface area contributed by atoms with Gasteiger partial charge in [0.15, 0.2) is 0 Å². The Morgan fingerprint density at radius 1 is 1.32 bits per heavy atom. The Bertz CT molecular complexity index is 577. The maximum Gasteiger partial charge on any atom is 0.251 e. The number of amides is 1. The van der Waals surface area contributed by atoms with Gasteiger partial charge in [0.05, 0.1) is 5.01 Å². The highest BCUT2D eigenvalue weighted by Gasteiger charge is 2.08. The molecule has 0 aliphatic carbocycles. The van der Waals surface area contributed by atoms with E-state index in [4.69, 9.17) is 11.6 Å². The van der Waals surface area contributed by atoms with E-state index in [1.54, 1.807) is 30.4 Å². The Morgan fingerprint density at radius 3 is 2.74 bits per heavy atom. The lowest BCUT2D eigenvalue weighted by Crippen LogP contribution is -2.25. The third kappa shape index (κ3) is 4.01. The number of carbonyl (C=O) groups excluding carboxylic acids is 1. The van der Waals surface area contributed by atoms with Crippen molar-refractivity contribution in [3.63, 3.8) is 0 Å². The molecule has 0 aromatic carbocycles. The topological polar surface area (TPSA) is 54.9 Å². The number of pyridine rings is 1. The highest BCUT2D eigenvalue weighted by molar-refractivity contribution is 7.09. The normalized spacial score (nSPS) is 10.5. The molecule has 2 aromatic rings. The second-order valence-electron chi connectivity index (χ2n) is 4.21. The van der Waals surface area contributed by atoms with Gasteiger partial charge >= 0.3 is 0 Å². The molecule has 4 nitrogen and oxygen atoms in total. The summed E-state index contributed by atoms with van der Waals surface area (Å²) >= 11 is 7.44. The van der Waals surface area contributed by atoms with Crippen molar-refractivity contribution in [3.05, 3.63) is 44.6 Å². The first kappa shape index (κ1) is 14.0. The molecule has 0 atom stereocenters. The fourth-order valence-corrected chi connectivity index (χ4v) is 2.69. The Labute approximate surface area is 120 Å². The molecule has 6 heteroatoms. The van der Waals surface area contributed by atoms with Crippen LogP contribution in [-0.4, -0.2) is 22.4 Å². The summed E-state index contributed by atoms with van der Waals surface area (Å²) in [6.45, 7) is 4.33. The molecule has 2 aromatic heterocycles. The van der Waals surface area contributed by atoms with Crippen LogP contribution < -0.4 is 5.32 Å². The average Bonchev–Trinajstić information content (AvgIpc) is 2.73. The molecule has 0 fully saturated rings. The van der Waals surface area contributed by atoms with Gasteiger partial charge in [0.2, 0.25) is 0 Å². The first-order chi connectivity index (χ1) is 9.04. The summed E-state index contributed by atoms with van der Waals surface area (Å²) in [7, 11) is 0. The summed E-state index contributed by atoms with van der Waals surface area (Å²) in [6, 6.07) is 3.28. The quantitative estimate of drug-likeness (QED) is 0.883. The van der Waals surface area contributed by atoms with Crippen LogP contribution in [0.15, 0.2) is 17.5 Å². The van der Waals surface area contributed by atoms with Crippen LogP contribution in [-0.2, 0) is 6.42 Å². The number of carbonyl (C=O) groups is 1. The molecular weight excluding hydrogens is 282 g/mol. The van der Waals surface area contributed by atoms with Crippen molar-refractivity contribution in [3.8, 4) is 0 Å². The van der Waals surface area contributed by atoms with Gasteiger partial charge in [0.25, 0.3) is 5.91 Å². The molecule has 19 heavy (non-hydrogen) atoms. The number of aryl methyl sites for hydroxylation is 2. The molecule has 0 bridgehead atoms. The molecule has 0 aliphatic heterocycles. The Hall–Kier alpha value is -1.46. The number of aromatic nitrogens is 2. The fourth-order valence-electron chi connectivity index (χ4n) is 1.66. The molecular formula is C13H14ClN3OS. The molecule has 0 spiro atoms. The molecule has 0 saturated heterocycles. The van der Waals surface area contributed by atoms with Crippen molar-refractivity contribution in [2.75, 3.05) is 6.54 Å². The van der Waals surface area contributed by atoms with Crippen LogP contribution in [0.3, 0.4) is 0 Å². The zero-order valence-corrected chi connectivity index (χ0v) is 12.3. The summed E-state index contributed by atoms with van der Waals surface area (Å²) in [4.78, 5) is 20.3. The number of nitrogens with zero attached hydrogens (tertiary/aromatic N) is 2. The minimum Gasteiger partial charge on any atom is -0.352 e. The standard InChI is InChI=1S/C13H14ClN3OS/c1-8-5-10(6-11(14)16-8)13(18)15-4-3-12-17-9(2)7-19-12/h5-7H,3-4H2,1-2H3,(H,15,18). The van der Waals surface area contributed by atoms with Crippen LogP contribution >= 0.6 is 22.9 Å². The van der Waals surface area contributed by atoms with Gasteiger partial charge in [-0.15, -0.1) is 11.3 Å². The predicted octanol–water partition coefficient (Wildman–Crippen LogP) is 2.78. The lowest BCUT2D eigenvalue weighted by Gasteiger charge is -2.05. The lowest BCUT2D eigenvalue weighted by atomic mass is 10.2. The van der Waals surface area contributed by atoms with E-state index in [0.29, 0.717) is 17.3 Å². The third-order valence-corrected chi connectivity index (χ3v) is 3.70. The summed E-state index contributed by atoms with van der Waals surface area (Å²) in [5, 5.41) is 6.22. The van der Waals surface area contributed by atoms with Crippen molar-refractivity contribution in [2.24, 2.45) is 0 Å². The molecule has 2 heterocycles. The van der Waals surface area contributed by atoms with Crippen LogP contribution in [0, 0.1) is 13.8 Å². The van der Waals surface area contributed by atoms with Crippen LogP contribution in [0.1, 0.15) is 26.8 Å². The summed E-state index contributed by atoms with van der Waals surface area (Å²) in [6.07, 6.45) is 0.738. The zero-order chi connectivity index (χ0) is 13.8. The Kier molecular flexibility index (Phi) is 4.50. The van der Waals surface area contributed by atoms with E-state index in [-0.39, 0.29) is 5.91 Å². The van der Waals surface area contributed by atoms with Gasteiger partial charge in [-0.3, -0.25) is 4.79 Å². The maximum absolute atomic E-state index is 11.9. The molecule has 0 saturated carbocycles. The molecule has 100 valence electrons. The average molecular weight is 296 g/mol. The van der Waals surface area contributed by atoms with E-state index < -0.39 is 0 Å². The molecule has 0 unspecified atom stereocenters. The van der Waals surface area contributed by atoms with E-state index >= 15 is 0 Å². The lowest BCUT2D eigenvalue weighted by molar-refractivity contribution is 0.0954. The number of nitrogens with one attached hydrogen (secondary N) is 1. The summed E-state index contributed by atoms with van der Waals surface area (Å²) in [5.74, 6) is -0.138. The summed E-state index contributed by atoms with van der Waals surface area (Å²) in [5.41, 5.74) is 2.28. The zero-order valence-electron chi connectivity index (χ0n) is 10.7. The third-order valence-electron chi connectivity index (χ3n) is 2.48. The van der Waals surface area contributed by atoms with Gasteiger partial charge < -0.3 is 5.32 Å². The number of hydrogen-bond donors (Lipinski definition) is 1. The first-order valence-corrected chi connectivity index (χ1v) is 7.14. The van der Waals surface area contributed by atoms with Crippen LogP contribution in [0.25, 0.3) is 0 Å². The van der Waals surface area contributed by atoms with Gasteiger partial charge in [0, 0.05) is 35.3 Å². The molecule has 1 amide bonds. The van der Waals surface area contributed by atoms with E-state index in [2.05, 4.69) is 15.3 Å². The fraction of sp³-hybridized carbons (Fsp3) is 0.308. The van der Waals surface area contributed by atoms with Crippen molar-refractivity contribution < 1.29 is 4.79 Å². The Morgan fingerprint density at radius 2 is 2.11 bits per heavy atom. The van der Waals surface area contributed by atoms with Crippen molar-refractivity contribution >= 4 is 28.8 Å². The van der Waals surface area contributed by atoms with Crippen molar-refractivity contribution in [1.82, 2.24) is 15.3 Å². The highest BCUT2D eigenvalue weighted by Crippen LogP contribution is 2.11. The second-order valence-corrected chi connectivity index (χ2v) is 5.54. The van der Waals surface area contributed by atoms with Gasteiger partial charge in [-0.1, -0.05) is 11.6 Å². The first-order valence-electron chi connectivity index (χ1n) is 5.88. The highest BCUT2D eigenvalue weighted by atomic mass is 35.5. The molecule has 2 rings (SSSR count). The molecule has 0 radical (unpaired) electrons. The minimum atomic E-state index is -0.138. The van der Waals surface area contributed by atoms with Gasteiger partial charge in [-0.2, -0.15) is 0 Å². The van der Waals surface area contributed by atoms with Crippen LogP contribution in [0.2, 0.25) is 5.15 Å². The minimum absolute atomic E-state index is 0.138. The van der Waals surface area contributed by atoms with E-state index in [1.165, 1.54) is 0 Å². The van der Waals surface area contributed by atoms with Crippen molar-refractivity contribution in [1.29, 1.82) is 0 Å². The van der Waals surface area contributed by atoms with E-state index in [1.807, 2.05) is 12.3 Å². The van der Waals surface area contributed by atoms with Gasteiger partial charge in [0.1, 0.15) is 5.15 Å². The van der Waals surface area contributed by atoms with Gasteiger partial charge in [-0.25, -0.2) is 9.97 Å². The SMILES string of the molecule is Cc1cc(C(=O)NCCc2nc(C)cs2)cc(Cl)n1. The number of hydrogen-bond acceptors (Lipinski definition) is 4. The maximum atomic E-state index is 11.9. The predicted molar refractivity (Wildman–Crippen MR) is 76.9 cm³/mol. The summed E-state index contributed by atoms with van der Waals surface area (Å²) < 4.78 is 0. The monoisotopic (exact) mass is 295 g/mol. The second kappa shape index (κ2) is 6.12. The van der Waals surface area contributed by atoms with Gasteiger partial charge in [-0.05, 0) is 26.0 Å². The number of rotatable bonds is 4. The van der Waals surface area contributed by atoms with Crippen LogP contribution in [0.5, 0.6) is 0 Å². The number of thiazole rings is 1. The molecule has 1 N–H and O–H groups in total. The Balaban J connectivity index is 1.90.